The lowest BCUT2D eigenvalue weighted by Crippen LogP contribution is -2.64. The maximum absolute atomic E-state index is 10.8. The van der Waals surface area contributed by atoms with Gasteiger partial charge < -0.3 is 20.3 Å². The minimum absolute atomic E-state index is 0.0618. The number of benzene rings is 2. The number of nitrogens with zero attached hydrogens (tertiary/aromatic N) is 1. The number of phenols is 1. The standard InChI is InChI=1S/C37H54N2O3/c1-27(34(41)31-8-10-32(40)11-9-31)39-17-14-29(15-18-39)20-28-6-12-33(13-7-28)42-19-5-4-16-38-37-23-30-21-35(2,25-37)24-36(3,22-30)26-37/h6-13,27,29-30,34,38,40-41H,4-5,14-26H2,1-3H3/t27-,30?,34-,35?,36?,37?/m1/s1. The first-order valence-corrected chi connectivity index (χ1v) is 16.8. The summed E-state index contributed by atoms with van der Waals surface area (Å²) in [5.41, 5.74) is 3.81. The molecule has 0 aromatic heterocycles. The lowest BCUT2D eigenvalue weighted by atomic mass is 9.43. The van der Waals surface area contributed by atoms with E-state index in [9.17, 15) is 10.2 Å². The molecule has 2 aromatic rings. The van der Waals surface area contributed by atoms with Gasteiger partial charge in [-0.15, -0.1) is 0 Å². The van der Waals surface area contributed by atoms with Gasteiger partial charge in [0.1, 0.15) is 11.5 Å². The molecule has 7 rings (SSSR count). The first-order valence-electron chi connectivity index (χ1n) is 16.8. The van der Waals surface area contributed by atoms with E-state index >= 15 is 0 Å². The first-order chi connectivity index (χ1) is 20.1. The lowest BCUT2D eigenvalue weighted by molar-refractivity contribution is -0.117. The minimum Gasteiger partial charge on any atom is -0.508 e. The van der Waals surface area contributed by atoms with Crippen LogP contribution in [-0.2, 0) is 6.42 Å². The van der Waals surface area contributed by atoms with Crippen molar-refractivity contribution in [2.75, 3.05) is 26.2 Å². The third kappa shape index (κ3) is 6.84. The number of likely N-dealkylation sites (tertiary alicyclic amines) is 1. The van der Waals surface area contributed by atoms with Crippen LogP contribution in [0.2, 0.25) is 0 Å². The van der Waals surface area contributed by atoms with E-state index in [1.54, 1.807) is 12.1 Å². The molecule has 0 amide bonds. The Morgan fingerprint density at radius 2 is 1.57 bits per heavy atom. The first kappa shape index (κ1) is 30.0. The molecule has 5 nitrogen and oxygen atoms in total. The minimum atomic E-state index is -0.542. The molecular formula is C37H54N2O3. The van der Waals surface area contributed by atoms with Gasteiger partial charge in [0.15, 0.2) is 0 Å². The summed E-state index contributed by atoms with van der Waals surface area (Å²) in [6.07, 6.45) is 13.7. The monoisotopic (exact) mass is 574 g/mol. The predicted octanol–water partition coefficient (Wildman–Crippen LogP) is 7.27. The van der Waals surface area contributed by atoms with E-state index in [0.717, 1.165) is 69.2 Å². The fourth-order valence-electron chi connectivity index (χ4n) is 10.2. The van der Waals surface area contributed by atoms with Gasteiger partial charge in [0.25, 0.3) is 0 Å². The van der Waals surface area contributed by atoms with Crippen LogP contribution in [0.4, 0.5) is 0 Å². The van der Waals surface area contributed by atoms with Crippen molar-refractivity contribution in [3.63, 3.8) is 0 Å². The number of hydrogen-bond donors (Lipinski definition) is 3. The molecule has 0 spiro atoms. The van der Waals surface area contributed by atoms with Crippen LogP contribution in [0.25, 0.3) is 0 Å². The smallest absolute Gasteiger partial charge is 0.119 e. The average molecular weight is 575 g/mol. The number of hydrogen-bond acceptors (Lipinski definition) is 5. The Hall–Kier alpha value is -2.08. The van der Waals surface area contributed by atoms with Crippen LogP contribution in [0, 0.1) is 22.7 Å². The zero-order chi connectivity index (χ0) is 29.4. The molecule has 4 bridgehead atoms. The molecule has 4 aliphatic carbocycles. The summed E-state index contributed by atoms with van der Waals surface area (Å²) in [5, 5.41) is 24.4. The SMILES string of the molecule is C[C@H]([C@@H](O)c1ccc(O)cc1)N1CCC(Cc2ccc(OCCCCNC34CC5CC(C)(CC(C)(C5)C3)C4)cc2)CC1. The molecule has 230 valence electrons. The lowest BCUT2D eigenvalue weighted by Gasteiger charge is -2.65. The summed E-state index contributed by atoms with van der Waals surface area (Å²) in [5.74, 6) is 2.85. The van der Waals surface area contributed by atoms with Crippen LogP contribution in [-0.4, -0.2) is 52.9 Å². The number of rotatable bonds is 12. The largest absolute Gasteiger partial charge is 0.508 e. The van der Waals surface area contributed by atoms with Crippen molar-refractivity contribution in [3.05, 3.63) is 59.7 Å². The van der Waals surface area contributed by atoms with Crippen molar-refractivity contribution >= 4 is 0 Å². The van der Waals surface area contributed by atoms with Crippen LogP contribution in [0.3, 0.4) is 0 Å². The molecule has 4 atom stereocenters. The molecule has 1 heterocycles. The molecule has 42 heavy (non-hydrogen) atoms. The Morgan fingerprint density at radius 1 is 0.905 bits per heavy atom. The number of aliphatic hydroxyl groups is 1. The molecule has 2 aromatic carbocycles. The van der Waals surface area contributed by atoms with Crippen molar-refractivity contribution in [3.8, 4) is 11.5 Å². The summed E-state index contributed by atoms with van der Waals surface area (Å²) in [4.78, 5) is 2.41. The zero-order valence-electron chi connectivity index (χ0n) is 26.3. The van der Waals surface area contributed by atoms with Gasteiger partial charge in [-0.1, -0.05) is 38.1 Å². The van der Waals surface area contributed by atoms with Gasteiger partial charge in [0.2, 0.25) is 0 Å². The average Bonchev–Trinajstić information content (AvgIpc) is 2.94. The summed E-state index contributed by atoms with van der Waals surface area (Å²) in [6.45, 7) is 11.2. The van der Waals surface area contributed by atoms with Gasteiger partial charge in [-0.05, 0) is 155 Å². The molecule has 0 radical (unpaired) electrons. The summed E-state index contributed by atoms with van der Waals surface area (Å²) >= 11 is 0. The highest BCUT2D eigenvalue weighted by molar-refractivity contribution is 5.29. The second-order valence-corrected chi connectivity index (χ2v) is 15.5. The summed E-state index contributed by atoms with van der Waals surface area (Å²) < 4.78 is 6.11. The molecule has 1 saturated heterocycles. The zero-order valence-corrected chi connectivity index (χ0v) is 26.3. The fourth-order valence-corrected chi connectivity index (χ4v) is 10.2. The molecule has 5 aliphatic rings. The van der Waals surface area contributed by atoms with Crippen molar-refractivity contribution in [1.82, 2.24) is 10.2 Å². The number of piperidine rings is 1. The van der Waals surface area contributed by atoms with Crippen LogP contribution >= 0.6 is 0 Å². The Morgan fingerprint density at radius 3 is 2.21 bits per heavy atom. The third-order valence-electron chi connectivity index (χ3n) is 11.3. The van der Waals surface area contributed by atoms with E-state index in [1.807, 2.05) is 12.1 Å². The van der Waals surface area contributed by atoms with Gasteiger partial charge in [-0.3, -0.25) is 4.90 Å². The van der Waals surface area contributed by atoms with Gasteiger partial charge >= 0.3 is 0 Å². The number of ether oxygens (including phenoxy) is 1. The Balaban J connectivity index is 0.873. The highest BCUT2D eigenvalue weighted by Crippen LogP contribution is 2.66. The Labute approximate surface area is 254 Å². The quantitative estimate of drug-likeness (QED) is 0.233. The second-order valence-electron chi connectivity index (χ2n) is 15.5. The molecule has 5 fully saturated rings. The molecule has 2 unspecified atom stereocenters. The molecule has 4 saturated carbocycles. The molecule has 3 N–H and O–H groups in total. The maximum Gasteiger partial charge on any atom is 0.119 e. The van der Waals surface area contributed by atoms with E-state index in [4.69, 9.17) is 4.74 Å². The highest BCUT2D eigenvalue weighted by atomic mass is 16.5. The Kier molecular flexibility index (Phi) is 8.66. The van der Waals surface area contributed by atoms with Crippen LogP contribution in [0.5, 0.6) is 11.5 Å². The van der Waals surface area contributed by atoms with Crippen LogP contribution < -0.4 is 10.1 Å². The van der Waals surface area contributed by atoms with Crippen molar-refractivity contribution in [2.45, 2.75) is 109 Å². The van der Waals surface area contributed by atoms with E-state index in [0.29, 0.717) is 22.3 Å². The normalized spacial score (nSPS) is 32.6. The van der Waals surface area contributed by atoms with Gasteiger partial charge in [-0.25, -0.2) is 0 Å². The van der Waals surface area contributed by atoms with Gasteiger partial charge in [0.05, 0.1) is 12.7 Å². The van der Waals surface area contributed by atoms with E-state index in [-0.39, 0.29) is 11.8 Å². The summed E-state index contributed by atoms with van der Waals surface area (Å²) in [6, 6.07) is 15.8. The fraction of sp³-hybridized carbons (Fsp3) is 0.676. The summed E-state index contributed by atoms with van der Waals surface area (Å²) in [7, 11) is 0. The van der Waals surface area contributed by atoms with Crippen LogP contribution in [0.1, 0.15) is 102 Å². The number of aliphatic hydroxyl groups excluding tert-OH is 1. The van der Waals surface area contributed by atoms with Gasteiger partial charge in [-0.2, -0.15) is 0 Å². The molecule has 5 heteroatoms. The predicted molar refractivity (Wildman–Crippen MR) is 170 cm³/mol. The highest BCUT2D eigenvalue weighted by Gasteiger charge is 2.59. The number of unbranched alkanes of at least 4 members (excludes halogenated alkanes) is 1. The van der Waals surface area contributed by atoms with Crippen molar-refractivity contribution in [2.24, 2.45) is 22.7 Å². The van der Waals surface area contributed by atoms with E-state index < -0.39 is 6.10 Å². The van der Waals surface area contributed by atoms with Crippen molar-refractivity contribution in [1.29, 1.82) is 0 Å². The Bertz CT molecular complexity index is 1150. The van der Waals surface area contributed by atoms with Crippen molar-refractivity contribution < 1.29 is 14.9 Å². The molecular weight excluding hydrogens is 520 g/mol. The number of aromatic hydroxyl groups is 1. The maximum atomic E-state index is 10.8. The van der Waals surface area contributed by atoms with Crippen LogP contribution in [0.15, 0.2) is 48.5 Å². The third-order valence-corrected chi connectivity index (χ3v) is 11.3. The second kappa shape index (κ2) is 12.1. The van der Waals surface area contributed by atoms with E-state index in [2.05, 4.69) is 55.3 Å². The number of phenolic OH excluding ortho intramolecular Hbond substituents is 1. The number of nitrogens with one attached hydrogen (secondary N) is 1. The topological polar surface area (TPSA) is 65.0 Å². The molecule has 1 aliphatic heterocycles. The van der Waals surface area contributed by atoms with Gasteiger partial charge in [0, 0.05) is 11.6 Å². The van der Waals surface area contributed by atoms with E-state index in [1.165, 1.54) is 50.5 Å².